The van der Waals surface area contributed by atoms with Crippen LogP contribution in [0, 0.1) is 5.82 Å². The molecule has 0 saturated carbocycles. The molecular formula is C27H23BrFN3O3. The van der Waals surface area contributed by atoms with Gasteiger partial charge in [0.25, 0.3) is 5.91 Å². The highest BCUT2D eigenvalue weighted by molar-refractivity contribution is 9.10. The normalized spacial score (nSPS) is 10.9. The predicted molar refractivity (Wildman–Crippen MR) is 137 cm³/mol. The molecule has 1 amide bonds. The molecule has 1 aromatic heterocycles. The minimum atomic E-state index is -0.334. The number of ether oxygens (including phenoxy) is 2. The van der Waals surface area contributed by atoms with Gasteiger partial charge in [-0.1, -0.05) is 30.3 Å². The molecule has 8 heteroatoms. The maximum Gasteiger partial charge on any atom is 0.273 e. The highest BCUT2D eigenvalue weighted by Crippen LogP contribution is 2.37. The van der Waals surface area contributed by atoms with Gasteiger partial charge in [0.15, 0.2) is 11.5 Å². The number of amides is 1. The van der Waals surface area contributed by atoms with Crippen molar-refractivity contribution in [3.63, 3.8) is 0 Å². The first kappa shape index (κ1) is 24.2. The van der Waals surface area contributed by atoms with Gasteiger partial charge in [0.05, 0.1) is 28.5 Å². The van der Waals surface area contributed by atoms with Gasteiger partial charge in [0, 0.05) is 18.0 Å². The minimum absolute atomic E-state index is 0.0512. The molecule has 0 spiro atoms. The quantitative estimate of drug-likeness (QED) is 0.207. The largest absolute Gasteiger partial charge is 0.490 e. The second-order valence-corrected chi connectivity index (χ2v) is 8.30. The third-order valence-corrected chi connectivity index (χ3v) is 5.66. The van der Waals surface area contributed by atoms with E-state index in [0.717, 1.165) is 5.69 Å². The van der Waals surface area contributed by atoms with Crippen molar-refractivity contribution in [3.05, 3.63) is 112 Å². The summed E-state index contributed by atoms with van der Waals surface area (Å²) in [5.74, 6) is 0.264. The highest BCUT2D eigenvalue weighted by Gasteiger charge is 2.14. The SMILES string of the molecule is CCOc1cc(/C=N\NC(=O)c2ccccc2-n2cccc2)cc(Br)c1OCc1ccccc1F. The molecule has 0 aliphatic heterocycles. The third kappa shape index (κ3) is 5.96. The molecule has 0 atom stereocenters. The van der Waals surface area contributed by atoms with Crippen molar-refractivity contribution in [2.75, 3.05) is 6.61 Å². The first-order valence-electron chi connectivity index (χ1n) is 10.9. The predicted octanol–water partition coefficient (Wildman–Crippen LogP) is 6.12. The van der Waals surface area contributed by atoms with Crippen molar-refractivity contribution in [3.8, 4) is 17.2 Å². The maximum absolute atomic E-state index is 14.0. The summed E-state index contributed by atoms with van der Waals surface area (Å²) in [5.41, 5.74) is 4.94. The van der Waals surface area contributed by atoms with Crippen LogP contribution >= 0.6 is 15.9 Å². The molecule has 0 radical (unpaired) electrons. The van der Waals surface area contributed by atoms with E-state index in [2.05, 4.69) is 26.5 Å². The number of nitrogens with one attached hydrogen (secondary N) is 1. The second-order valence-electron chi connectivity index (χ2n) is 7.45. The van der Waals surface area contributed by atoms with E-state index in [1.54, 1.807) is 42.5 Å². The molecule has 4 aromatic rings. The van der Waals surface area contributed by atoms with Crippen molar-refractivity contribution in [2.24, 2.45) is 5.10 Å². The Kier molecular flexibility index (Phi) is 7.95. The van der Waals surface area contributed by atoms with Crippen molar-refractivity contribution in [2.45, 2.75) is 13.5 Å². The minimum Gasteiger partial charge on any atom is -0.490 e. The molecule has 0 fully saturated rings. The fourth-order valence-corrected chi connectivity index (χ4v) is 4.02. The lowest BCUT2D eigenvalue weighted by Gasteiger charge is -2.15. The lowest BCUT2D eigenvalue weighted by Crippen LogP contribution is -2.19. The van der Waals surface area contributed by atoms with Crippen LogP contribution in [0.1, 0.15) is 28.4 Å². The van der Waals surface area contributed by atoms with Gasteiger partial charge in [0.2, 0.25) is 0 Å². The number of hydrogen-bond donors (Lipinski definition) is 1. The maximum atomic E-state index is 14.0. The van der Waals surface area contributed by atoms with E-state index in [4.69, 9.17) is 9.47 Å². The molecule has 6 nitrogen and oxygen atoms in total. The van der Waals surface area contributed by atoms with Crippen LogP contribution in [0.2, 0.25) is 0 Å². The zero-order chi connectivity index (χ0) is 24.6. The number of aromatic nitrogens is 1. The lowest BCUT2D eigenvalue weighted by molar-refractivity contribution is 0.0955. The lowest BCUT2D eigenvalue weighted by atomic mass is 10.1. The Morgan fingerprint density at radius 3 is 2.57 bits per heavy atom. The number of benzene rings is 3. The molecule has 0 unspecified atom stereocenters. The van der Waals surface area contributed by atoms with E-state index in [0.29, 0.717) is 39.3 Å². The van der Waals surface area contributed by atoms with E-state index >= 15 is 0 Å². The van der Waals surface area contributed by atoms with Gasteiger partial charge >= 0.3 is 0 Å². The number of hydrogen-bond acceptors (Lipinski definition) is 4. The zero-order valence-corrected chi connectivity index (χ0v) is 20.5. The Morgan fingerprint density at radius 2 is 1.80 bits per heavy atom. The Hall–Kier alpha value is -3.91. The summed E-state index contributed by atoms with van der Waals surface area (Å²) in [4.78, 5) is 12.8. The van der Waals surface area contributed by atoms with Crippen molar-refractivity contribution >= 4 is 28.1 Å². The standard InChI is InChI=1S/C27H23BrFN3O3/c1-2-34-25-16-19(15-22(28)26(25)35-18-20-9-3-5-11-23(20)29)17-30-31-27(33)21-10-4-6-12-24(21)32-13-7-8-14-32/h3-17H,2,18H2,1H3,(H,31,33)/b30-17-. The molecule has 0 bridgehead atoms. The number of para-hydroxylation sites is 1. The van der Waals surface area contributed by atoms with Crippen molar-refractivity contribution in [1.29, 1.82) is 0 Å². The fourth-order valence-electron chi connectivity index (χ4n) is 3.44. The number of hydrazone groups is 1. The highest BCUT2D eigenvalue weighted by atomic mass is 79.9. The number of nitrogens with zero attached hydrogens (tertiary/aromatic N) is 2. The van der Waals surface area contributed by atoms with Gasteiger partial charge < -0.3 is 14.0 Å². The van der Waals surface area contributed by atoms with Crippen LogP contribution in [-0.2, 0) is 6.61 Å². The summed E-state index contributed by atoms with van der Waals surface area (Å²) in [5, 5.41) is 4.12. The Morgan fingerprint density at radius 1 is 1.06 bits per heavy atom. The van der Waals surface area contributed by atoms with E-state index in [1.807, 2.05) is 48.1 Å². The van der Waals surface area contributed by atoms with Crippen LogP contribution in [0.15, 0.2) is 94.8 Å². The van der Waals surface area contributed by atoms with Gasteiger partial charge in [-0.2, -0.15) is 5.10 Å². The van der Waals surface area contributed by atoms with Crippen molar-refractivity contribution < 1.29 is 18.7 Å². The number of rotatable bonds is 9. The average molecular weight is 536 g/mol. The van der Waals surface area contributed by atoms with Crippen LogP contribution in [0.25, 0.3) is 5.69 Å². The first-order valence-corrected chi connectivity index (χ1v) is 11.7. The zero-order valence-electron chi connectivity index (χ0n) is 18.9. The summed E-state index contributed by atoms with van der Waals surface area (Å²) in [6.07, 6.45) is 5.26. The Labute approximate surface area is 211 Å². The van der Waals surface area contributed by atoms with E-state index in [9.17, 15) is 9.18 Å². The summed E-state index contributed by atoms with van der Waals surface area (Å²) in [6.45, 7) is 2.32. The van der Waals surface area contributed by atoms with Crippen LogP contribution in [-0.4, -0.2) is 23.3 Å². The number of halogens is 2. The van der Waals surface area contributed by atoms with E-state index in [-0.39, 0.29) is 18.3 Å². The summed E-state index contributed by atoms with van der Waals surface area (Å²) in [7, 11) is 0. The summed E-state index contributed by atoms with van der Waals surface area (Å²) < 4.78 is 28.0. The third-order valence-electron chi connectivity index (χ3n) is 5.07. The molecule has 178 valence electrons. The van der Waals surface area contributed by atoms with E-state index in [1.165, 1.54) is 12.3 Å². The second kappa shape index (κ2) is 11.5. The smallest absolute Gasteiger partial charge is 0.273 e. The topological polar surface area (TPSA) is 64.8 Å². The molecule has 35 heavy (non-hydrogen) atoms. The molecular weight excluding hydrogens is 513 g/mol. The van der Waals surface area contributed by atoms with E-state index < -0.39 is 0 Å². The van der Waals surface area contributed by atoms with Gasteiger partial charge in [-0.15, -0.1) is 0 Å². The Balaban J connectivity index is 1.49. The van der Waals surface area contributed by atoms with Crippen LogP contribution < -0.4 is 14.9 Å². The van der Waals surface area contributed by atoms with Crippen LogP contribution in [0.5, 0.6) is 11.5 Å². The molecule has 0 saturated heterocycles. The first-order chi connectivity index (χ1) is 17.1. The van der Waals surface area contributed by atoms with Crippen molar-refractivity contribution in [1.82, 2.24) is 9.99 Å². The van der Waals surface area contributed by atoms with Gasteiger partial charge in [-0.3, -0.25) is 4.79 Å². The number of carbonyl (C=O) groups is 1. The Bertz CT molecular complexity index is 1340. The van der Waals surface area contributed by atoms with Gasteiger partial charge in [-0.05, 0) is 70.9 Å². The van der Waals surface area contributed by atoms with Crippen LogP contribution in [0.3, 0.4) is 0 Å². The molecule has 0 aliphatic carbocycles. The van der Waals surface area contributed by atoms with Gasteiger partial charge in [-0.25, -0.2) is 9.82 Å². The van der Waals surface area contributed by atoms with Crippen LogP contribution in [0.4, 0.5) is 4.39 Å². The van der Waals surface area contributed by atoms with Gasteiger partial charge in [0.1, 0.15) is 12.4 Å². The molecule has 1 N–H and O–H groups in total. The monoisotopic (exact) mass is 535 g/mol. The molecule has 0 aliphatic rings. The molecule has 1 heterocycles. The molecule has 3 aromatic carbocycles. The summed E-state index contributed by atoms with van der Waals surface area (Å²) >= 11 is 3.50. The molecule has 4 rings (SSSR count). The summed E-state index contributed by atoms with van der Waals surface area (Å²) in [6, 6.07) is 21.0. The average Bonchev–Trinajstić information content (AvgIpc) is 3.40. The number of carbonyl (C=O) groups excluding carboxylic acids is 1. The fraction of sp³-hybridized carbons (Fsp3) is 0.111.